The van der Waals surface area contributed by atoms with Gasteiger partial charge in [-0.3, -0.25) is 4.79 Å². The number of thiazole rings is 1. The second kappa shape index (κ2) is 11.6. The van der Waals surface area contributed by atoms with E-state index in [4.69, 9.17) is 28.3 Å². The van der Waals surface area contributed by atoms with Gasteiger partial charge in [-0.2, -0.15) is 9.80 Å². The van der Waals surface area contributed by atoms with Gasteiger partial charge in [0.1, 0.15) is 11.7 Å². The minimum atomic E-state index is -0.974. The van der Waals surface area contributed by atoms with Crippen LogP contribution in [0.1, 0.15) is 23.4 Å². The topological polar surface area (TPSA) is 92.3 Å². The molecule has 0 aliphatic carbocycles. The lowest BCUT2D eigenvalue weighted by Gasteiger charge is -2.19. The second-order valence-electron chi connectivity index (χ2n) is 11.0. The highest BCUT2D eigenvalue weighted by atomic mass is 35.5. The Morgan fingerprint density at radius 3 is 2.77 bits per heavy atom. The van der Waals surface area contributed by atoms with Crippen molar-refractivity contribution in [1.82, 2.24) is 29.3 Å². The normalized spacial score (nSPS) is 18.5. The summed E-state index contributed by atoms with van der Waals surface area (Å²) in [4.78, 5) is 26.1. The Kier molecular flexibility index (Phi) is 7.68. The summed E-state index contributed by atoms with van der Waals surface area (Å²) in [6.07, 6.45) is 5.59. The zero-order valence-electron chi connectivity index (χ0n) is 23.0. The van der Waals surface area contributed by atoms with Crippen LogP contribution >= 0.6 is 34.5 Å². The van der Waals surface area contributed by atoms with Gasteiger partial charge in [0.05, 0.1) is 47.3 Å². The summed E-state index contributed by atoms with van der Waals surface area (Å²) in [6.45, 7) is 2.81. The lowest BCUT2D eigenvalue weighted by Crippen LogP contribution is -2.37. The van der Waals surface area contributed by atoms with Gasteiger partial charge in [-0.1, -0.05) is 47.5 Å². The quantitative estimate of drug-likeness (QED) is 0.251. The van der Waals surface area contributed by atoms with E-state index in [1.54, 1.807) is 28.7 Å². The van der Waals surface area contributed by atoms with Gasteiger partial charge in [-0.25, -0.2) is 14.4 Å². The smallest absolute Gasteiger partial charge is 0.255 e. The number of aromatic nitrogens is 5. The first-order valence-electron chi connectivity index (χ1n) is 14.1. The molecule has 13 heteroatoms. The van der Waals surface area contributed by atoms with Crippen molar-refractivity contribution < 1.29 is 14.3 Å². The lowest BCUT2D eigenvalue weighted by molar-refractivity contribution is -0.118. The van der Waals surface area contributed by atoms with Crippen LogP contribution in [0.15, 0.2) is 54.4 Å². The molecule has 0 saturated carbocycles. The first-order valence-corrected chi connectivity index (χ1v) is 15.7. The molecule has 1 fully saturated rings. The number of aliphatic hydroxyl groups excluding tert-OH is 1. The number of likely N-dealkylation sites (tertiary alicyclic amines) is 1. The van der Waals surface area contributed by atoms with E-state index in [9.17, 15) is 14.3 Å². The predicted molar refractivity (Wildman–Crippen MR) is 165 cm³/mol. The van der Waals surface area contributed by atoms with Gasteiger partial charge in [0, 0.05) is 54.3 Å². The van der Waals surface area contributed by atoms with Gasteiger partial charge in [0.15, 0.2) is 0 Å². The van der Waals surface area contributed by atoms with Crippen molar-refractivity contribution in [1.29, 1.82) is 0 Å². The van der Waals surface area contributed by atoms with Crippen molar-refractivity contribution in [3.8, 4) is 11.1 Å². The number of carbonyl (C=O) groups is 1. The van der Waals surface area contributed by atoms with E-state index >= 15 is 0 Å². The van der Waals surface area contributed by atoms with Gasteiger partial charge in [-0.05, 0) is 30.0 Å². The van der Waals surface area contributed by atoms with E-state index in [2.05, 4.69) is 27.0 Å². The third-order valence-electron chi connectivity index (χ3n) is 8.11. The first kappa shape index (κ1) is 28.4. The molecule has 5 heterocycles. The number of imidazole rings is 1. The molecule has 222 valence electrons. The SMILES string of the molecule is O=C(Cc1ncn2c1C[C@@H](F)C2)N(c1nccs1)n1cc2c(Cl)cc(-c3ccc(CCN4CCC(O)C4)cc3)c(Cl)c2n1. The largest absolute Gasteiger partial charge is 0.392 e. The summed E-state index contributed by atoms with van der Waals surface area (Å²) in [6, 6.07) is 10.0. The molecule has 2 aliphatic rings. The number of halogens is 3. The first-order chi connectivity index (χ1) is 20.8. The monoisotopic (exact) mass is 639 g/mol. The summed E-state index contributed by atoms with van der Waals surface area (Å²) in [5.41, 5.74) is 4.57. The maximum Gasteiger partial charge on any atom is 0.255 e. The number of hydrogen-bond donors (Lipinski definition) is 1. The maximum absolute atomic E-state index is 14.0. The summed E-state index contributed by atoms with van der Waals surface area (Å²) in [5.74, 6) is -0.321. The molecule has 0 spiro atoms. The van der Waals surface area contributed by atoms with Crippen LogP contribution in [0.25, 0.3) is 22.0 Å². The zero-order chi connectivity index (χ0) is 29.7. The molecule has 5 aromatic rings. The van der Waals surface area contributed by atoms with Crippen molar-refractivity contribution in [3.63, 3.8) is 0 Å². The standard InChI is InChI=1S/C30H28Cl2FN7O2S/c31-24-12-22(19-3-1-18(2-4-19)5-8-37-9-6-21(41)15-37)28(32)29-23(24)16-39(36-29)40(30-34-7-10-43-30)27(42)13-25-26-11-20(33)14-38(26)17-35-25/h1-4,7,10,12,16-17,20-21,41H,5-6,8-9,11,13-15H2/t20-,21?/m1/s1. The van der Waals surface area contributed by atoms with Gasteiger partial charge in [-0.15, -0.1) is 16.4 Å². The van der Waals surface area contributed by atoms with E-state index in [0.29, 0.717) is 31.8 Å². The van der Waals surface area contributed by atoms with Crippen LogP contribution in [-0.4, -0.2) is 72.2 Å². The number of aliphatic hydroxyl groups is 1. The maximum atomic E-state index is 14.0. The third-order valence-corrected chi connectivity index (χ3v) is 9.55. The molecule has 7 rings (SSSR count). The predicted octanol–water partition coefficient (Wildman–Crippen LogP) is 5.21. The summed E-state index contributed by atoms with van der Waals surface area (Å²) in [7, 11) is 0. The number of nitrogens with zero attached hydrogens (tertiary/aromatic N) is 7. The van der Waals surface area contributed by atoms with Crippen molar-refractivity contribution >= 4 is 56.5 Å². The molecule has 1 amide bonds. The van der Waals surface area contributed by atoms with E-state index in [1.165, 1.54) is 26.7 Å². The molecule has 2 aromatic carbocycles. The number of carbonyl (C=O) groups excluding carboxylic acids is 1. The minimum absolute atomic E-state index is 0.0394. The number of anilines is 1. The highest BCUT2D eigenvalue weighted by molar-refractivity contribution is 7.13. The summed E-state index contributed by atoms with van der Waals surface area (Å²) < 4.78 is 15.7. The fraction of sp³-hybridized carbons (Fsp3) is 0.333. The number of amides is 1. The number of β-amino-alcohol motifs (C(OH)–C–C–N with tert-alkyl or cyclic N) is 1. The van der Waals surface area contributed by atoms with Crippen molar-refractivity contribution in [2.75, 3.05) is 24.6 Å². The molecule has 3 aromatic heterocycles. The molecule has 1 saturated heterocycles. The Hall–Kier alpha value is -3.35. The number of fused-ring (bicyclic) bond motifs is 2. The highest BCUT2D eigenvalue weighted by Gasteiger charge is 2.29. The fourth-order valence-electron chi connectivity index (χ4n) is 5.88. The molecule has 2 aliphatic heterocycles. The lowest BCUT2D eigenvalue weighted by atomic mass is 10.0. The summed E-state index contributed by atoms with van der Waals surface area (Å²) in [5, 5.41) is 19.5. The van der Waals surface area contributed by atoms with Crippen LogP contribution in [0.4, 0.5) is 9.52 Å². The third kappa shape index (κ3) is 5.56. The molecule has 9 nitrogen and oxygen atoms in total. The van der Waals surface area contributed by atoms with E-state index in [1.807, 2.05) is 18.2 Å². The Bertz CT molecular complexity index is 1790. The van der Waals surface area contributed by atoms with E-state index in [0.717, 1.165) is 49.3 Å². The van der Waals surface area contributed by atoms with Crippen LogP contribution in [0.5, 0.6) is 0 Å². The molecule has 0 radical (unpaired) electrons. The molecule has 43 heavy (non-hydrogen) atoms. The average molecular weight is 641 g/mol. The Morgan fingerprint density at radius 2 is 2.02 bits per heavy atom. The van der Waals surface area contributed by atoms with E-state index in [-0.39, 0.29) is 31.4 Å². The Labute approximate surface area is 261 Å². The number of rotatable bonds is 8. The molecule has 2 atom stereocenters. The van der Waals surface area contributed by atoms with Crippen LogP contribution in [0.2, 0.25) is 10.0 Å². The minimum Gasteiger partial charge on any atom is -0.392 e. The van der Waals surface area contributed by atoms with Crippen molar-refractivity contribution in [3.05, 3.63) is 81.4 Å². The number of alkyl halides is 1. The number of hydrogen-bond acceptors (Lipinski definition) is 7. The second-order valence-corrected chi connectivity index (χ2v) is 12.7. The van der Waals surface area contributed by atoms with Gasteiger partial charge in [0.25, 0.3) is 5.91 Å². The van der Waals surface area contributed by atoms with Crippen LogP contribution in [-0.2, 0) is 30.6 Å². The van der Waals surface area contributed by atoms with Crippen LogP contribution in [0.3, 0.4) is 0 Å². The molecule has 1 N–H and O–H groups in total. The Balaban J connectivity index is 1.17. The van der Waals surface area contributed by atoms with Gasteiger partial charge in [0.2, 0.25) is 5.13 Å². The molecular weight excluding hydrogens is 612 g/mol. The van der Waals surface area contributed by atoms with Gasteiger partial charge < -0.3 is 14.6 Å². The van der Waals surface area contributed by atoms with Gasteiger partial charge >= 0.3 is 0 Å². The van der Waals surface area contributed by atoms with Crippen molar-refractivity contribution in [2.45, 2.75) is 44.5 Å². The zero-order valence-corrected chi connectivity index (χ0v) is 25.4. The molecular formula is C30H28Cl2FN7O2S. The average Bonchev–Trinajstić information content (AvgIpc) is 3.82. The molecule has 0 bridgehead atoms. The summed E-state index contributed by atoms with van der Waals surface area (Å²) >= 11 is 15.0. The number of benzene rings is 2. The Morgan fingerprint density at radius 1 is 1.19 bits per heavy atom. The highest BCUT2D eigenvalue weighted by Crippen LogP contribution is 2.38. The van der Waals surface area contributed by atoms with Crippen LogP contribution in [0, 0.1) is 0 Å². The fourth-order valence-corrected chi connectivity index (χ4v) is 7.09. The van der Waals surface area contributed by atoms with Crippen LogP contribution < -0.4 is 5.01 Å². The molecule has 1 unspecified atom stereocenters. The van der Waals surface area contributed by atoms with Crippen molar-refractivity contribution in [2.24, 2.45) is 0 Å². The van der Waals surface area contributed by atoms with E-state index < -0.39 is 6.17 Å².